The average molecular weight is 574 g/mol. The summed E-state index contributed by atoms with van der Waals surface area (Å²) in [7, 11) is 2.18. The van der Waals surface area contributed by atoms with E-state index in [1.165, 1.54) is 31.0 Å². The summed E-state index contributed by atoms with van der Waals surface area (Å²) < 4.78 is 36.2. The molecule has 39 heavy (non-hydrogen) atoms. The van der Waals surface area contributed by atoms with Gasteiger partial charge < -0.3 is 14.4 Å². The van der Waals surface area contributed by atoms with E-state index < -0.39 is 21.6 Å². The van der Waals surface area contributed by atoms with Crippen LogP contribution in [0.3, 0.4) is 0 Å². The van der Waals surface area contributed by atoms with Gasteiger partial charge in [0.1, 0.15) is 28.0 Å². The molecule has 0 saturated carbocycles. The maximum Gasteiger partial charge on any atom is 0.227 e. The predicted molar refractivity (Wildman–Crippen MR) is 152 cm³/mol. The minimum atomic E-state index is -3.71. The van der Waals surface area contributed by atoms with E-state index in [9.17, 15) is 18.0 Å². The van der Waals surface area contributed by atoms with Crippen molar-refractivity contribution in [2.45, 2.75) is 32.7 Å². The van der Waals surface area contributed by atoms with Crippen molar-refractivity contribution in [3.05, 3.63) is 75.2 Å². The number of aromatic nitrogens is 1. The predicted octanol–water partition coefficient (Wildman–Crippen LogP) is 3.75. The monoisotopic (exact) mass is 573 g/mol. The molecule has 0 unspecified atom stereocenters. The van der Waals surface area contributed by atoms with E-state index in [0.29, 0.717) is 27.9 Å². The number of sulfonamides is 1. The van der Waals surface area contributed by atoms with Gasteiger partial charge in [0.25, 0.3) is 0 Å². The number of Topliss-reactive ketones (excluding diaryl/α,β-unsaturated/α-hetero) is 1. The lowest BCUT2D eigenvalue weighted by Gasteiger charge is -2.22. The molecule has 0 N–H and O–H groups in total. The molecular weight excluding hydrogens is 538 g/mol. The van der Waals surface area contributed by atoms with E-state index in [4.69, 9.17) is 9.47 Å². The van der Waals surface area contributed by atoms with E-state index in [1.54, 1.807) is 38.2 Å². The second kappa shape index (κ2) is 13.7. The van der Waals surface area contributed by atoms with Gasteiger partial charge in [-0.15, -0.1) is 11.3 Å². The van der Waals surface area contributed by atoms with Gasteiger partial charge in [-0.3, -0.25) is 9.59 Å². The van der Waals surface area contributed by atoms with Gasteiger partial charge in [0.2, 0.25) is 15.9 Å². The Morgan fingerprint density at radius 1 is 1.03 bits per heavy atom. The van der Waals surface area contributed by atoms with Crippen molar-refractivity contribution < 1.29 is 27.5 Å². The highest BCUT2D eigenvalue weighted by atomic mass is 32.2. The number of carbonyl (C=O) groups excluding carboxylic acids is 2. The molecule has 11 heteroatoms. The molecular formula is C28H35N3O6S2. The van der Waals surface area contributed by atoms with Crippen molar-refractivity contribution in [3.8, 4) is 11.5 Å². The first-order chi connectivity index (χ1) is 18.5. The number of benzene rings is 2. The Labute approximate surface area is 234 Å². The molecule has 0 atom stereocenters. The zero-order valence-corrected chi connectivity index (χ0v) is 24.6. The third kappa shape index (κ3) is 8.35. The molecule has 0 fully saturated rings. The van der Waals surface area contributed by atoms with Crippen molar-refractivity contribution in [2.75, 3.05) is 40.6 Å². The van der Waals surface area contributed by atoms with Gasteiger partial charge >= 0.3 is 0 Å². The smallest absolute Gasteiger partial charge is 0.227 e. The Morgan fingerprint density at radius 2 is 1.74 bits per heavy atom. The highest BCUT2D eigenvalue weighted by molar-refractivity contribution is 7.89. The SMILES string of the molecule is COc1ccc(CC(=O)N(CCCc2ccccc2)Cc2nc(C(=O)CS(=O)(=O)N(C)C)c(C)s2)c(OC)c1. The number of hydrogen-bond acceptors (Lipinski definition) is 8. The molecule has 0 aliphatic rings. The molecule has 0 saturated heterocycles. The summed E-state index contributed by atoms with van der Waals surface area (Å²) in [6, 6.07) is 15.4. The number of hydrogen-bond donors (Lipinski definition) is 0. The van der Waals surface area contributed by atoms with Crippen LogP contribution in [0.1, 0.15) is 37.9 Å². The molecule has 0 bridgehead atoms. The van der Waals surface area contributed by atoms with Crippen LogP contribution >= 0.6 is 11.3 Å². The molecule has 210 valence electrons. The summed E-state index contributed by atoms with van der Waals surface area (Å²) in [5.74, 6) is -0.126. The number of carbonyl (C=O) groups is 2. The van der Waals surface area contributed by atoms with Crippen molar-refractivity contribution >= 4 is 33.1 Å². The molecule has 1 aromatic heterocycles. The minimum Gasteiger partial charge on any atom is -0.497 e. The van der Waals surface area contributed by atoms with Gasteiger partial charge in [-0.2, -0.15) is 0 Å². The highest BCUT2D eigenvalue weighted by Gasteiger charge is 2.25. The molecule has 0 aliphatic heterocycles. The molecule has 1 amide bonds. The quantitative estimate of drug-likeness (QED) is 0.271. The third-order valence-corrected chi connectivity index (χ3v) is 8.92. The number of nitrogens with zero attached hydrogens (tertiary/aromatic N) is 3. The van der Waals surface area contributed by atoms with Gasteiger partial charge in [-0.05, 0) is 31.4 Å². The van der Waals surface area contributed by atoms with E-state index in [-0.39, 0.29) is 24.6 Å². The Morgan fingerprint density at radius 3 is 2.38 bits per heavy atom. The first-order valence-electron chi connectivity index (χ1n) is 12.5. The molecule has 1 heterocycles. The number of thiazole rings is 1. The molecule has 0 radical (unpaired) electrons. The third-order valence-electron chi connectivity index (χ3n) is 6.23. The van der Waals surface area contributed by atoms with E-state index in [1.807, 2.05) is 24.3 Å². The number of methoxy groups -OCH3 is 2. The maximum absolute atomic E-state index is 13.5. The summed E-state index contributed by atoms with van der Waals surface area (Å²) in [5.41, 5.74) is 2.05. The lowest BCUT2D eigenvalue weighted by Crippen LogP contribution is -2.33. The number of ether oxygens (including phenoxy) is 2. The van der Waals surface area contributed by atoms with E-state index >= 15 is 0 Å². The van der Waals surface area contributed by atoms with Crippen molar-refractivity contribution in [3.63, 3.8) is 0 Å². The summed E-state index contributed by atoms with van der Waals surface area (Å²) in [4.78, 5) is 33.1. The molecule has 0 spiro atoms. The second-order valence-electron chi connectivity index (χ2n) is 9.23. The Balaban J connectivity index is 1.80. The zero-order chi connectivity index (χ0) is 28.6. The molecule has 2 aromatic carbocycles. The fourth-order valence-corrected chi connectivity index (χ4v) is 5.68. The first-order valence-corrected chi connectivity index (χ1v) is 14.9. The lowest BCUT2D eigenvalue weighted by molar-refractivity contribution is -0.131. The zero-order valence-electron chi connectivity index (χ0n) is 23.0. The first kappa shape index (κ1) is 30.3. The molecule has 3 rings (SSSR count). The van der Waals surface area contributed by atoms with Crippen LogP contribution in [0, 0.1) is 6.92 Å². The maximum atomic E-state index is 13.5. The molecule has 3 aromatic rings. The fourth-order valence-electron chi connectivity index (χ4n) is 3.99. The minimum absolute atomic E-state index is 0.109. The standard InChI is InChI=1S/C28H35N3O6S2/c1-20-28(24(32)19-39(34,35)30(2)3)29-26(38-20)18-31(15-9-12-21-10-7-6-8-11-21)27(33)16-22-13-14-23(36-4)17-25(22)37-5/h6-8,10-11,13-14,17H,9,12,15-16,18-19H2,1-5H3. The average Bonchev–Trinajstić information content (AvgIpc) is 3.28. The van der Waals surface area contributed by atoms with Crippen LogP contribution < -0.4 is 9.47 Å². The number of ketones is 1. The topological polar surface area (TPSA) is 106 Å². The van der Waals surface area contributed by atoms with Gasteiger partial charge in [0, 0.05) is 37.1 Å². The van der Waals surface area contributed by atoms with Gasteiger partial charge in [-0.25, -0.2) is 17.7 Å². The fraction of sp³-hybridized carbons (Fsp3) is 0.393. The summed E-state index contributed by atoms with van der Waals surface area (Å²) in [6.45, 7) is 2.44. The van der Waals surface area contributed by atoms with Crippen LogP contribution in [0.4, 0.5) is 0 Å². The van der Waals surface area contributed by atoms with Crippen molar-refractivity contribution in [2.24, 2.45) is 0 Å². The molecule has 0 aliphatic carbocycles. The summed E-state index contributed by atoms with van der Waals surface area (Å²) in [5, 5.41) is 0.577. The van der Waals surface area contributed by atoms with Crippen molar-refractivity contribution in [1.82, 2.24) is 14.2 Å². The Kier molecular flexibility index (Phi) is 10.6. The van der Waals surface area contributed by atoms with Gasteiger partial charge in [0.15, 0.2) is 5.78 Å². The normalized spacial score (nSPS) is 11.4. The second-order valence-corrected chi connectivity index (χ2v) is 12.7. The summed E-state index contributed by atoms with van der Waals surface area (Å²) in [6.07, 6.45) is 1.67. The van der Waals surface area contributed by atoms with Crippen LogP contribution in [0.2, 0.25) is 0 Å². The van der Waals surface area contributed by atoms with Gasteiger partial charge in [0.05, 0.1) is 27.2 Å². The largest absolute Gasteiger partial charge is 0.497 e. The van der Waals surface area contributed by atoms with Crippen LogP contribution in [0.15, 0.2) is 48.5 Å². The van der Waals surface area contributed by atoms with Crippen LogP contribution in [-0.2, 0) is 34.2 Å². The van der Waals surface area contributed by atoms with Crippen LogP contribution in [0.25, 0.3) is 0 Å². The Hall–Kier alpha value is -3.28. The van der Waals surface area contributed by atoms with Crippen LogP contribution in [0.5, 0.6) is 11.5 Å². The number of amides is 1. The summed E-state index contributed by atoms with van der Waals surface area (Å²) >= 11 is 1.30. The van der Waals surface area contributed by atoms with Crippen molar-refractivity contribution in [1.29, 1.82) is 0 Å². The lowest BCUT2D eigenvalue weighted by atomic mass is 10.1. The molecule has 9 nitrogen and oxygen atoms in total. The highest BCUT2D eigenvalue weighted by Crippen LogP contribution is 2.26. The van der Waals surface area contributed by atoms with Crippen LogP contribution in [-0.4, -0.2) is 74.9 Å². The van der Waals surface area contributed by atoms with E-state index in [0.717, 1.165) is 22.7 Å². The number of aryl methyl sites for hydroxylation is 2. The Bertz CT molecular complexity index is 1390. The number of rotatable bonds is 14. The van der Waals surface area contributed by atoms with Gasteiger partial charge in [-0.1, -0.05) is 36.4 Å². The van der Waals surface area contributed by atoms with E-state index in [2.05, 4.69) is 17.1 Å².